The van der Waals surface area contributed by atoms with Crippen LogP contribution in [0.5, 0.6) is 11.5 Å². The van der Waals surface area contributed by atoms with Gasteiger partial charge >= 0.3 is 6.03 Å². The summed E-state index contributed by atoms with van der Waals surface area (Å²) in [6, 6.07) is 14.3. The maximum atomic E-state index is 12.1. The molecule has 0 aliphatic heterocycles. The van der Waals surface area contributed by atoms with Crippen LogP contribution in [0.25, 0.3) is 0 Å². The van der Waals surface area contributed by atoms with E-state index in [1.165, 1.54) is 0 Å². The van der Waals surface area contributed by atoms with E-state index in [2.05, 4.69) is 10.6 Å². The summed E-state index contributed by atoms with van der Waals surface area (Å²) in [7, 11) is 3.20. The van der Waals surface area contributed by atoms with Crippen LogP contribution >= 0.6 is 0 Å². The summed E-state index contributed by atoms with van der Waals surface area (Å²) in [6.07, 6.45) is 0. The van der Waals surface area contributed by atoms with Gasteiger partial charge in [-0.25, -0.2) is 4.79 Å². The molecule has 0 saturated carbocycles. The Hall–Kier alpha value is -2.69. The Morgan fingerprint density at radius 3 is 2.55 bits per heavy atom. The van der Waals surface area contributed by atoms with Gasteiger partial charge in [0.2, 0.25) is 0 Å². The normalized spacial score (nSPS) is 11.4. The van der Waals surface area contributed by atoms with E-state index in [9.17, 15) is 4.79 Å². The standard InChI is InChI=1S/C17H20N2O3/c1-12(15-9-4-5-10-16(15)22-3)18-17(20)19-13-7-6-8-14(11-13)21-2/h4-12H,1-3H3,(H2,18,19,20)/t12-/m1/s1. The molecule has 0 aliphatic carbocycles. The molecule has 1 atom stereocenters. The Bertz CT molecular complexity index is 643. The summed E-state index contributed by atoms with van der Waals surface area (Å²) in [5, 5.41) is 5.67. The Labute approximate surface area is 130 Å². The summed E-state index contributed by atoms with van der Waals surface area (Å²) in [5.41, 5.74) is 1.59. The highest BCUT2D eigenvalue weighted by molar-refractivity contribution is 5.89. The SMILES string of the molecule is COc1cccc(NC(=O)N[C@H](C)c2ccccc2OC)c1. The minimum absolute atomic E-state index is 0.179. The molecular formula is C17H20N2O3. The van der Waals surface area contributed by atoms with Crippen molar-refractivity contribution in [2.24, 2.45) is 0 Å². The van der Waals surface area contributed by atoms with Crippen molar-refractivity contribution in [2.75, 3.05) is 19.5 Å². The smallest absolute Gasteiger partial charge is 0.319 e. The van der Waals surface area contributed by atoms with Crippen LogP contribution in [0.2, 0.25) is 0 Å². The molecule has 0 heterocycles. The van der Waals surface area contributed by atoms with Gasteiger partial charge in [-0.2, -0.15) is 0 Å². The zero-order chi connectivity index (χ0) is 15.9. The number of nitrogens with one attached hydrogen (secondary N) is 2. The van der Waals surface area contributed by atoms with Gasteiger partial charge in [0.15, 0.2) is 0 Å². The van der Waals surface area contributed by atoms with Crippen molar-refractivity contribution in [2.45, 2.75) is 13.0 Å². The summed E-state index contributed by atoms with van der Waals surface area (Å²) in [4.78, 5) is 12.1. The molecule has 0 radical (unpaired) electrons. The van der Waals surface area contributed by atoms with Gasteiger partial charge in [-0.05, 0) is 25.1 Å². The summed E-state index contributed by atoms with van der Waals surface area (Å²) < 4.78 is 10.4. The van der Waals surface area contributed by atoms with Crippen LogP contribution in [0.4, 0.5) is 10.5 Å². The third-order valence-electron chi connectivity index (χ3n) is 3.28. The molecule has 2 aromatic carbocycles. The predicted octanol–water partition coefficient (Wildman–Crippen LogP) is 3.59. The van der Waals surface area contributed by atoms with Crippen molar-refractivity contribution in [1.82, 2.24) is 5.32 Å². The van der Waals surface area contributed by atoms with Gasteiger partial charge in [0.25, 0.3) is 0 Å². The molecule has 0 aliphatic rings. The van der Waals surface area contributed by atoms with Crippen molar-refractivity contribution in [1.29, 1.82) is 0 Å². The number of carbonyl (C=O) groups excluding carboxylic acids is 1. The molecule has 2 aromatic rings. The number of para-hydroxylation sites is 1. The first-order valence-corrected chi connectivity index (χ1v) is 6.98. The molecular weight excluding hydrogens is 280 g/mol. The molecule has 5 nitrogen and oxygen atoms in total. The molecule has 2 N–H and O–H groups in total. The third kappa shape index (κ3) is 3.91. The third-order valence-corrected chi connectivity index (χ3v) is 3.28. The Morgan fingerprint density at radius 2 is 1.82 bits per heavy atom. The topological polar surface area (TPSA) is 59.6 Å². The van der Waals surface area contributed by atoms with Crippen LogP contribution < -0.4 is 20.1 Å². The molecule has 0 spiro atoms. The zero-order valence-electron chi connectivity index (χ0n) is 12.9. The van der Waals surface area contributed by atoms with E-state index < -0.39 is 0 Å². The average molecular weight is 300 g/mol. The summed E-state index contributed by atoms with van der Waals surface area (Å²) in [5.74, 6) is 1.44. The van der Waals surface area contributed by atoms with E-state index in [4.69, 9.17) is 9.47 Å². The van der Waals surface area contributed by atoms with Gasteiger partial charge in [-0.1, -0.05) is 24.3 Å². The average Bonchev–Trinajstić information content (AvgIpc) is 2.54. The zero-order valence-corrected chi connectivity index (χ0v) is 12.9. The summed E-state index contributed by atoms with van der Waals surface area (Å²) in [6.45, 7) is 1.91. The van der Waals surface area contributed by atoms with Gasteiger partial charge in [0, 0.05) is 17.3 Å². The molecule has 116 valence electrons. The fraction of sp³-hybridized carbons (Fsp3) is 0.235. The number of carbonyl (C=O) groups is 1. The highest BCUT2D eigenvalue weighted by Gasteiger charge is 2.13. The van der Waals surface area contributed by atoms with E-state index >= 15 is 0 Å². The molecule has 5 heteroatoms. The largest absolute Gasteiger partial charge is 0.497 e. The van der Waals surface area contributed by atoms with Crippen molar-refractivity contribution in [3.63, 3.8) is 0 Å². The van der Waals surface area contributed by atoms with Gasteiger partial charge in [-0.3, -0.25) is 0 Å². The second kappa shape index (κ2) is 7.36. The van der Waals surface area contributed by atoms with Crippen molar-refractivity contribution in [3.8, 4) is 11.5 Å². The number of benzene rings is 2. The van der Waals surface area contributed by atoms with Crippen molar-refractivity contribution in [3.05, 3.63) is 54.1 Å². The number of urea groups is 1. The molecule has 2 amide bonds. The molecule has 0 aromatic heterocycles. The van der Waals surface area contributed by atoms with Crippen LogP contribution in [0.1, 0.15) is 18.5 Å². The lowest BCUT2D eigenvalue weighted by Gasteiger charge is -2.17. The number of amides is 2. The number of hydrogen-bond donors (Lipinski definition) is 2. The molecule has 0 unspecified atom stereocenters. The summed E-state index contributed by atoms with van der Waals surface area (Å²) >= 11 is 0. The fourth-order valence-corrected chi connectivity index (χ4v) is 2.17. The number of rotatable bonds is 5. The molecule has 0 bridgehead atoms. The number of ether oxygens (including phenoxy) is 2. The lowest BCUT2D eigenvalue weighted by Crippen LogP contribution is -2.31. The van der Waals surface area contributed by atoms with Gasteiger partial charge in [0.1, 0.15) is 11.5 Å². The quantitative estimate of drug-likeness (QED) is 0.887. The van der Waals surface area contributed by atoms with Crippen LogP contribution in [0.15, 0.2) is 48.5 Å². The number of hydrogen-bond acceptors (Lipinski definition) is 3. The van der Waals surface area contributed by atoms with Crippen LogP contribution in [-0.2, 0) is 0 Å². The first-order valence-electron chi connectivity index (χ1n) is 6.98. The molecule has 0 saturated heterocycles. The number of anilines is 1. The molecule has 22 heavy (non-hydrogen) atoms. The second-order valence-corrected chi connectivity index (χ2v) is 4.79. The maximum absolute atomic E-state index is 12.1. The Morgan fingerprint density at radius 1 is 1.05 bits per heavy atom. The van der Waals surface area contributed by atoms with Crippen molar-refractivity contribution < 1.29 is 14.3 Å². The minimum Gasteiger partial charge on any atom is -0.497 e. The van der Waals surface area contributed by atoms with E-state index in [0.717, 1.165) is 11.3 Å². The molecule has 2 rings (SSSR count). The van der Waals surface area contributed by atoms with Gasteiger partial charge < -0.3 is 20.1 Å². The first kappa shape index (κ1) is 15.7. The highest BCUT2D eigenvalue weighted by Crippen LogP contribution is 2.24. The van der Waals surface area contributed by atoms with Crippen molar-refractivity contribution >= 4 is 11.7 Å². The van der Waals surface area contributed by atoms with Crippen LogP contribution in [-0.4, -0.2) is 20.3 Å². The first-order chi connectivity index (χ1) is 10.6. The highest BCUT2D eigenvalue weighted by atomic mass is 16.5. The molecule has 0 fully saturated rings. The fourth-order valence-electron chi connectivity index (χ4n) is 2.17. The predicted molar refractivity (Wildman–Crippen MR) is 86.6 cm³/mol. The van der Waals surface area contributed by atoms with E-state index in [-0.39, 0.29) is 12.1 Å². The minimum atomic E-state index is -0.286. The van der Waals surface area contributed by atoms with E-state index in [1.54, 1.807) is 26.4 Å². The lowest BCUT2D eigenvalue weighted by molar-refractivity contribution is 0.249. The Balaban J connectivity index is 2.02. The Kier molecular flexibility index (Phi) is 5.25. The number of methoxy groups -OCH3 is 2. The van der Waals surface area contributed by atoms with E-state index in [0.29, 0.717) is 11.4 Å². The van der Waals surface area contributed by atoms with Crippen LogP contribution in [0.3, 0.4) is 0 Å². The van der Waals surface area contributed by atoms with E-state index in [1.807, 2.05) is 43.3 Å². The maximum Gasteiger partial charge on any atom is 0.319 e. The van der Waals surface area contributed by atoms with Crippen LogP contribution in [0, 0.1) is 0 Å². The monoisotopic (exact) mass is 300 g/mol. The lowest BCUT2D eigenvalue weighted by atomic mass is 10.1. The van der Waals surface area contributed by atoms with Gasteiger partial charge in [0.05, 0.1) is 20.3 Å². The second-order valence-electron chi connectivity index (χ2n) is 4.79. The van der Waals surface area contributed by atoms with Gasteiger partial charge in [-0.15, -0.1) is 0 Å².